The first-order valence-electron chi connectivity index (χ1n) is 11.6. The first-order valence-corrected chi connectivity index (χ1v) is 8.11. The standard InChI is InChI=1S/C19H24N2O/c22-19-16-6-2-4-14-3-1-5-15(18(14)16)11-21(19)17-12-20-9-7-13(17)8-10-20/h2,4,6,13,15,17H,1,3,5,7-12H2/t15-,17-/m1/s1/i1D2,3D2,5D2,15D. The fourth-order valence-electron chi connectivity index (χ4n) is 4.47. The van der Waals surface area contributed by atoms with Crippen LogP contribution in [0.4, 0.5) is 0 Å². The predicted octanol–water partition coefficient (Wildman–Crippen LogP) is 2.66. The van der Waals surface area contributed by atoms with Gasteiger partial charge in [0, 0.05) is 40.2 Å². The number of rotatable bonds is 1. The zero-order valence-corrected chi connectivity index (χ0v) is 12.4. The van der Waals surface area contributed by atoms with E-state index >= 15 is 0 Å². The molecule has 0 spiro atoms. The highest BCUT2D eigenvalue weighted by molar-refractivity contribution is 5.97. The lowest BCUT2D eigenvalue weighted by molar-refractivity contribution is 0.00258. The molecule has 1 aromatic rings. The summed E-state index contributed by atoms with van der Waals surface area (Å²) in [4.78, 5) is 17.3. The van der Waals surface area contributed by atoms with Crippen LogP contribution in [-0.2, 0) is 6.37 Å². The molecule has 0 N–H and O–H groups in total. The van der Waals surface area contributed by atoms with Crippen molar-refractivity contribution in [2.75, 3.05) is 26.2 Å². The molecule has 4 aliphatic heterocycles. The zero-order chi connectivity index (χ0) is 21.0. The molecule has 0 unspecified atom stereocenters. The van der Waals surface area contributed by atoms with E-state index in [2.05, 4.69) is 4.90 Å². The van der Waals surface area contributed by atoms with Crippen LogP contribution in [-0.4, -0.2) is 47.9 Å². The summed E-state index contributed by atoms with van der Waals surface area (Å²) >= 11 is 0. The van der Waals surface area contributed by atoms with Crippen LogP contribution < -0.4 is 0 Å². The maximum absolute atomic E-state index is 13.4. The van der Waals surface area contributed by atoms with E-state index in [0.29, 0.717) is 12.5 Å². The second-order valence-corrected chi connectivity index (χ2v) is 6.72. The molecule has 5 aliphatic rings. The number of hydrogen-bond donors (Lipinski definition) is 0. The molecule has 0 aromatic heterocycles. The molecule has 0 saturated carbocycles. The topological polar surface area (TPSA) is 23.6 Å². The van der Waals surface area contributed by atoms with Gasteiger partial charge in [-0.15, -0.1) is 0 Å². The summed E-state index contributed by atoms with van der Waals surface area (Å²) < 4.78 is 59.7. The van der Waals surface area contributed by atoms with Crippen molar-refractivity contribution in [3.05, 3.63) is 34.9 Å². The second kappa shape index (κ2) is 4.82. The van der Waals surface area contributed by atoms with Crippen molar-refractivity contribution in [2.45, 2.75) is 43.9 Å². The summed E-state index contributed by atoms with van der Waals surface area (Å²) in [7, 11) is 0. The molecule has 6 rings (SSSR count). The van der Waals surface area contributed by atoms with E-state index < -0.39 is 25.0 Å². The molecule has 3 heteroatoms. The monoisotopic (exact) mass is 303 g/mol. The van der Waals surface area contributed by atoms with Gasteiger partial charge in [0.05, 0.1) is 0 Å². The maximum Gasteiger partial charge on any atom is 0.254 e. The fourth-order valence-corrected chi connectivity index (χ4v) is 4.47. The third-order valence-corrected chi connectivity index (χ3v) is 5.62. The van der Waals surface area contributed by atoms with E-state index in [1.165, 1.54) is 18.2 Å². The minimum atomic E-state index is -2.92. The minimum Gasteiger partial charge on any atom is -0.333 e. The highest BCUT2D eigenvalue weighted by Gasteiger charge is 2.43. The van der Waals surface area contributed by atoms with E-state index in [9.17, 15) is 4.79 Å². The highest BCUT2D eigenvalue weighted by Crippen LogP contribution is 2.41. The molecule has 0 radical (unpaired) electrons. The van der Waals surface area contributed by atoms with Crippen LogP contribution in [0.5, 0.6) is 0 Å². The summed E-state index contributed by atoms with van der Waals surface area (Å²) in [5, 5.41) is 0. The molecule has 1 amide bonds. The summed E-state index contributed by atoms with van der Waals surface area (Å²) in [6.45, 7) is 2.41. The van der Waals surface area contributed by atoms with Crippen molar-refractivity contribution < 1.29 is 14.4 Å². The van der Waals surface area contributed by atoms with Crippen molar-refractivity contribution in [1.29, 1.82) is 0 Å². The summed E-state index contributed by atoms with van der Waals surface area (Å²) in [5.41, 5.74) is 0.0862. The number of aryl methyl sites for hydroxylation is 1. The zero-order valence-electron chi connectivity index (χ0n) is 19.4. The Morgan fingerprint density at radius 1 is 1.23 bits per heavy atom. The van der Waals surface area contributed by atoms with Crippen molar-refractivity contribution in [2.24, 2.45) is 5.92 Å². The van der Waals surface area contributed by atoms with Crippen molar-refractivity contribution in [3.8, 4) is 0 Å². The van der Waals surface area contributed by atoms with Crippen molar-refractivity contribution in [1.82, 2.24) is 9.80 Å². The summed E-state index contributed by atoms with van der Waals surface area (Å²) in [6.07, 6.45) is -6.47. The van der Waals surface area contributed by atoms with Crippen LogP contribution in [0.2, 0.25) is 0 Å². The van der Waals surface area contributed by atoms with Crippen molar-refractivity contribution >= 4 is 5.91 Å². The van der Waals surface area contributed by atoms with E-state index in [1.54, 1.807) is 4.90 Å². The Kier molecular flexibility index (Phi) is 1.74. The van der Waals surface area contributed by atoms with Crippen LogP contribution in [0, 0.1) is 5.92 Å². The molecule has 4 heterocycles. The number of carbonyl (C=O) groups is 1. The molecule has 2 bridgehead atoms. The Labute approximate surface area is 142 Å². The van der Waals surface area contributed by atoms with Gasteiger partial charge in [0.1, 0.15) is 0 Å². The Balaban J connectivity index is 1.71. The molecule has 2 atom stereocenters. The molecular weight excluding hydrogens is 272 g/mol. The largest absolute Gasteiger partial charge is 0.333 e. The van der Waals surface area contributed by atoms with Crippen molar-refractivity contribution in [3.63, 3.8) is 0 Å². The average Bonchev–Trinajstić information content (AvgIpc) is 2.70. The Morgan fingerprint density at radius 3 is 2.86 bits per heavy atom. The Morgan fingerprint density at radius 2 is 2.09 bits per heavy atom. The van der Waals surface area contributed by atoms with Gasteiger partial charge in [-0.1, -0.05) is 12.1 Å². The third-order valence-electron chi connectivity index (χ3n) is 5.62. The van der Waals surface area contributed by atoms with Gasteiger partial charge < -0.3 is 9.80 Å². The van der Waals surface area contributed by atoms with E-state index in [0.717, 1.165) is 25.9 Å². The van der Waals surface area contributed by atoms with Gasteiger partial charge in [-0.05, 0) is 68.2 Å². The smallest absolute Gasteiger partial charge is 0.254 e. The molecule has 3 saturated heterocycles. The average molecular weight is 303 g/mol. The van der Waals surface area contributed by atoms with Crippen LogP contribution in [0.3, 0.4) is 0 Å². The summed E-state index contributed by atoms with van der Waals surface area (Å²) in [5.74, 6) is -2.07. The lowest BCUT2D eigenvalue weighted by Gasteiger charge is -2.51. The first kappa shape index (κ1) is 7.96. The number of hydrogen-bond acceptors (Lipinski definition) is 2. The maximum atomic E-state index is 13.4. The number of piperidine rings is 3. The number of nitrogens with zero attached hydrogens (tertiary/aromatic N) is 2. The molecule has 1 aliphatic carbocycles. The van der Waals surface area contributed by atoms with Gasteiger partial charge in [0.15, 0.2) is 0 Å². The van der Waals surface area contributed by atoms with E-state index in [1.807, 2.05) is 0 Å². The molecule has 3 fully saturated rings. The minimum absolute atomic E-state index is 0.0210. The van der Waals surface area contributed by atoms with Crippen LogP contribution in [0.1, 0.15) is 62.6 Å². The Hall–Kier alpha value is -1.35. The van der Waals surface area contributed by atoms with E-state index in [-0.39, 0.29) is 35.2 Å². The molecule has 1 aromatic carbocycles. The van der Waals surface area contributed by atoms with Gasteiger partial charge in [-0.2, -0.15) is 0 Å². The Bertz CT molecular complexity index is 897. The first-order chi connectivity index (χ1) is 13.4. The second-order valence-electron chi connectivity index (χ2n) is 6.72. The van der Waals surface area contributed by atoms with Crippen LogP contribution in [0.25, 0.3) is 0 Å². The van der Waals surface area contributed by atoms with Gasteiger partial charge in [0.25, 0.3) is 5.91 Å². The van der Waals surface area contributed by atoms with Gasteiger partial charge in [-0.25, -0.2) is 0 Å². The number of benzene rings is 1. The molecule has 3 nitrogen and oxygen atoms in total. The normalized spacial score (nSPS) is 51.3. The fraction of sp³-hybridized carbons (Fsp3) is 0.632. The summed E-state index contributed by atoms with van der Waals surface area (Å²) in [6, 6.07) is 4.32. The lowest BCUT2D eigenvalue weighted by atomic mass is 9.75. The van der Waals surface area contributed by atoms with Gasteiger partial charge >= 0.3 is 0 Å². The number of amides is 1. The lowest BCUT2D eigenvalue weighted by Crippen LogP contribution is -2.60. The van der Waals surface area contributed by atoms with E-state index in [4.69, 9.17) is 9.60 Å². The van der Waals surface area contributed by atoms with Crippen LogP contribution >= 0.6 is 0 Å². The van der Waals surface area contributed by atoms with Gasteiger partial charge in [-0.3, -0.25) is 4.79 Å². The SMILES string of the molecule is [2H]C1([2H])c2cccc3c2[C@@]([2H])(CN([C@@H]2CN4CCC2CC4)C3=O)C([2H])([2H])C1([2H])[2H]. The molecule has 116 valence electrons. The number of carbonyl (C=O) groups excluding carboxylic acids is 1. The quantitative estimate of drug-likeness (QED) is 0.796. The van der Waals surface area contributed by atoms with Crippen LogP contribution in [0.15, 0.2) is 18.2 Å². The highest BCUT2D eigenvalue weighted by atomic mass is 16.2. The number of fused-ring (bicyclic) bond motifs is 3. The third kappa shape index (κ3) is 1.81. The molecule has 22 heavy (non-hydrogen) atoms. The molecular formula is C19H24N2O. The predicted molar refractivity (Wildman–Crippen MR) is 86.1 cm³/mol. The van der Waals surface area contributed by atoms with Gasteiger partial charge in [0.2, 0.25) is 0 Å².